The van der Waals surface area contributed by atoms with Crippen molar-refractivity contribution in [2.24, 2.45) is 0 Å². The third-order valence-corrected chi connectivity index (χ3v) is 4.85. The van der Waals surface area contributed by atoms with E-state index in [0.29, 0.717) is 13.1 Å². The highest BCUT2D eigenvalue weighted by Gasteiger charge is 2.32. The number of aliphatic hydroxyl groups is 1. The van der Waals surface area contributed by atoms with Gasteiger partial charge in [-0.15, -0.1) is 0 Å². The van der Waals surface area contributed by atoms with E-state index in [4.69, 9.17) is 0 Å². The molecule has 1 fully saturated rings. The topological polar surface area (TPSA) is 81.8 Å². The molecule has 0 aliphatic carbocycles. The number of hydrogen-bond acceptors (Lipinski definition) is 7. The Labute approximate surface area is 158 Å². The molecular formula is C19H25N7O. The first-order valence-electron chi connectivity index (χ1n) is 9.15. The van der Waals surface area contributed by atoms with Crippen molar-refractivity contribution in [1.82, 2.24) is 24.3 Å². The SMILES string of the molecule is CN(C)C[C@H]1C[C@@H](O)CN1c1cc(NCc2ccn3ccnc3c2)ncn1. The number of hydrogen-bond donors (Lipinski definition) is 2. The third-order valence-electron chi connectivity index (χ3n) is 4.85. The largest absolute Gasteiger partial charge is 0.391 e. The summed E-state index contributed by atoms with van der Waals surface area (Å²) < 4.78 is 1.98. The molecule has 0 radical (unpaired) electrons. The molecule has 3 aromatic heterocycles. The number of fused-ring (bicyclic) bond motifs is 1. The summed E-state index contributed by atoms with van der Waals surface area (Å²) >= 11 is 0. The van der Waals surface area contributed by atoms with Crippen molar-refractivity contribution < 1.29 is 5.11 Å². The van der Waals surface area contributed by atoms with Gasteiger partial charge in [0.2, 0.25) is 0 Å². The van der Waals surface area contributed by atoms with Crippen molar-refractivity contribution in [2.75, 3.05) is 37.4 Å². The van der Waals surface area contributed by atoms with Gasteiger partial charge in [-0.25, -0.2) is 15.0 Å². The zero-order chi connectivity index (χ0) is 18.8. The molecule has 142 valence electrons. The van der Waals surface area contributed by atoms with Crippen LogP contribution < -0.4 is 10.2 Å². The monoisotopic (exact) mass is 367 g/mol. The van der Waals surface area contributed by atoms with E-state index in [1.165, 1.54) is 0 Å². The highest BCUT2D eigenvalue weighted by molar-refractivity contribution is 5.51. The van der Waals surface area contributed by atoms with Crippen LogP contribution in [0.1, 0.15) is 12.0 Å². The molecule has 2 N–H and O–H groups in total. The number of anilines is 2. The van der Waals surface area contributed by atoms with Crippen LogP contribution in [0.15, 0.2) is 43.1 Å². The second kappa shape index (κ2) is 7.50. The van der Waals surface area contributed by atoms with Crippen LogP contribution in [0.3, 0.4) is 0 Å². The minimum Gasteiger partial charge on any atom is -0.391 e. The number of pyridine rings is 1. The van der Waals surface area contributed by atoms with E-state index in [1.54, 1.807) is 12.5 Å². The van der Waals surface area contributed by atoms with Gasteiger partial charge in [0.15, 0.2) is 0 Å². The number of nitrogens with one attached hydrogen (secondary N) is 1. The molecule has 8 heteroatoms. The molecule has 0 saturated carbocycles. The van der Waals surface area contributed by atoms with Gasteiger partial charge < -0.3 is 24.6 Å². The van der Waals surface area contributed by atoms with Crippen molar-refractivity contribution >= 4 is 17.3 Å². The van der Waals surface area contributed by atoms with Gasteiger partial charge >= 0.3 is 0 Å². The maximum Gasteiger partial charge on any atom is 0.136 e. The zero-order valence-corrected chi connectivity index (χ0v) is 15.7. The molecule has 2 atom stereocenters. The average Bonchev–Trinajstić information content (AvgIpc) is 3.25. The minimum atomic E-state index is -0.317. The lowest BCUT2D eigenvalue weighted by Gasteiger charge is -2.27. The Hall–Kier alpha value is -2.71. The van der Waals surface area contributed by atoms with Gasteiger partial charge in [0.05, 0.1) is 6.10 Å². The first kappa shape index (κ1) is 17.7. The Kier molecular flexibility index (Phi) is 4.91. The fourth-order valence-corrected chi connectivity index (χ4v) is 3.62. The Morgan fingerprint density at radius 1 is 1.22 bits per heavy atom. The van der Waals surface area contributed by atoms with Crippen LogP contribution in [0, 0.1) is 0 Å². The first-order chi connectivity index (χ1) is 13.1. The number of nitrogens with zero attached hydrogens (tertiary/aromatic N) is 6. The van der Waals surface area contributed by atoms with E-state index in [9.17, 15) is 5.11 Å². The van der Waals surface area contributed by atoms with Crippen LogP contribution in [0.5, 0.6) is 0 Å². The Balaban J connectivity index is 1.46. The quantitative estimate of drug-likeness (QED) is 0.678. The van der Waals surface area contributed by atoms with Gasteiger partial charge in [0, 0.05) is 50.3 Å². The van der Waals surface area contributed by atoms with E-state index >= 15 is 0 Å². The highest BCUT2D eigenvalue weighted by Crippen LogP contribution is 2.25. The first-order valence-corrected chi connectivity index (χ1v) is 9.15. The lowest BCUT2D eigenvalue weighted by molar-refractivity contribution is 0.191. The Morgan fingerprint density at radius 3 is 2.96 bits per heavy atom. The van der Waals surface area contributed by atoms with E-state index in [1.807, 2.05) is 37.0 Å². The molecule has 27 heavy (non-hydrogen) atoms. The molecule has 1 aliphatic heterocycles. The molecule has 0 spiro atoms. The van der Waals surface area contributed by atoms with Crippen LogP contribution in [-0.2, 0) is 6.54 Å². The lowest BCUT2D eigenvalue weighted by Crippen LogP contribution is -2.38. The molecule has 1 saturated heterocycles. The Morgan fingerprint density at radius 2 is 2.11 bits per heavy atom. The molecule has 0 unspecified atom stereocenters. The average molecular weight is 367 g/mol. The fourth-order valence-electron chi connectivity index (χ4n) is 3.62. The summed E-state index contributed by atoms with van der Waals surface area (Å²) in [5.74, 6) is 1.62. The Bertz CT molecular complexity index is 910. The van der Waals surface area contributed by atoms with Crippen LogP contribution in [0.25, 0.3) is 5.65 Å². The van der Waals surface area contributed by atoms with E-state index in [0.717, 1.165) is 35.8 Å². The van der Waals surface area contributed by atoms with Crippen LogP contribution >= 0.6 is 0 Å². The molecule has 0 aromatic carbocycles. The second-order valence-corrected chi connectivity index (χ2v) is 7.30. The van der Waals surface area contributed by atoms with Gasteiger partial charge in [0.25, 0.3) is 0 Å². The molecule has 0 amide bonds. The van der Waals surface area contributed by atoms with Crippen molar-refractivity contribution in [3.05, 3.63) is 48.7 Å². The van der Waals surface area contributed by atoms with Crippen LogP contribution in [0.2, 0.25) is 0 Å². The summed E-state index contributed by atoms with van der Waals surface area (Å²) in [7, 11) is 4.10. The predicted octanol–water partition coefficient (Wildman–Crippen LogP) is 1.24. The summed E-state index contributed by atoms with van der Waals surface area (Å²) in [6, 6.07) is 6.32. The summed E-state index contributed by atoms with van der Waals surface area (Å²) in [6.07, 6.45) is 7.74. The fraction of sp³-hybridized carbons (Fsp3) is 0.421. The van der Waals surface area contributed by atoms with Crippen molar-refractivity contribution in [2.45, 2.75) is 25.1 Å². The summed E-state index contributed by atoms with van der Waals surface area (Å²) in [5, 5.41) is 13.5. The molecule has 4 heterocycles. The molecule has 8 nitrogen and oxygen atoms in total. The summed E-state index contributed by atoms with van der Waals surface area (Å²) in [4.78, 5) is 17.4. The number of rotatable bonds is 6. The van der Waals surface area contributed by atoms with Crippen LogP contribution in [0.4, 0.5) is 11.6 Å². The van der Waals surface area contributed by atoms with Gasteiger partial charge in [0.1, 0.15) is 23.6 Å². The smallest absolute Gasteiger partial charge is 0.136 e. The predicted molar refractivity (Wildman–Crippen MR) is 105 cm³/mol. The molecule has 4 rings (SSSR count). The number of imidazole rings is 1. The summed E-state index contributed by atoms with van der Waals surface area (Å²) in [6.45, 7) is 2.14. The minimum absolute atomic E-state index is 0.251. The normalized spacial score (nSPS) is 19.9. The van der Waals surface area contributed by atoms with E-state index in [2.05, 4.69) is 42.2 Å². The third kappa shape index (κ3) is 4.01. The van der Waals surface area contributed by atoms with Gasteiger partial charge in [-0.05, 0) is 38.2 Å². The number of aliphatic hydroxyl groups excluding tert-OH is 1. The molecule has 1 aliphatic rings. The number of aromatic nitrogens is 4. The lowest BCUT2D eigenvalue weighted by atomic mass is 10.2. The highest BCUT2D eigenvalue weighted by atomic mass is 16.3. The molecule has 3 aromatic rings. The van der Waals surface area contributed by atoms with Crippen molar-refractivity contribution in [3.63, 3.8) is 0 Å². The maximum atomic E-state index is 10.1. The van der Waals surface area contributed by atoms with E-state index < -0.39 is 0 Å². The zero-order valence-electron chi connectivity index (χ0n) is 15.7. The number of β-amino-alcohol motifs (C(OH)–C–C–N with tert-alkyl or cyclic N) is 1. The summed E-state index contributed by atoms with van der Waals surface area (Å²) in [5.41, 5.74) is 2.06. The van der Waals surface area contributed by atoms with Gasteiger partial charge in [-0.1, -0.05) is 0 Å². The molecule has 0 bridgehead atoms. The van der Waals surface area contributed by atoms with E-state index in [-0.39, 0.29) is 12.1 Å². The van der Waals surface area contributed by atoms with Crippen LogP contribution in [-0.4, -0.2) is 68.7 Å². The maximum absolute atomic E-state index is 10.1. The number of likely N-dealkylation sites (N-methyl/N-ethyl adjacent to an activating group) is 1. The standard InChI is InChI=1S/C19H25N7O/c1-24(2)11-15-8-16(27)12-26(15)19-9-17(22-13-23-19)21-10-14-3-5-25-6-4-20-18(25)7-14/h3-7,9,13,15-16,27H,8,10-12H2,1-2H3,(H,21,22,23)/t15-,16-/m1/s1. The molecular weight excluding hydrogens is 342 g/mol. The van der Waals surface area contributed by atoms with Crippen molar-refractivity contribution in [3.8, 4) is 0 Å². The van der Waals surface area contributed by atoms with Crippen molar-refractivity contribution in [1.29, 1.82) is 0 Å². The van der Waals surface area contributed by atoms with Gasteiger partial charge in [-0.2, -0.15) is 0 Å². The second-order valence-electron chi connectivity index (χ2n) is 7.30. The van der Waals surface area contributed by atoms with Gasteiger partial charge in [-0.3, -0.25) is 0 Å².